The molecule has 1 aliphatic heterocycles. The summed E-state index contributed by atoms with van der Waals surface area (Å²) in [5, 5.41) is 25.6. The Morgan fingerprint density at radius 3 is 2.47 bits per heavy atom. The smallest absolute Gasteiger partial charge is 0.142 e. The standard InChI is InChI=1S/C46H49ClN6O4/c1-31-35(10-7-12-38(31)39-13-8-15-44(32(39)2)55-19-9-17-53-18-16-37(54)27-53)30-57-46-22-45(56-29-34-20-33(23-48)24-49-25-34)36(21-41(46)47)26-51(3)28-42-40-11-5-6-14-43(40)52(4)50-42/h5-8,10-15,20-22,24-25,37,54H,9,16-19,26-30H2,1-4H3. The van der Waals surface area contributed by atoms with Crippen molar-refractivity contribution in [3.63, 3.8) is 0 Å². The van der Waals surface area contributed by atoms with Crippen LogP contribution in [-0.4, -0.2) is 69.1 Å². The Morgan fingerprint density at radius 1 is 0.877 bits per heavy atom. The number of rotatable bonds is 16. The molecule has 0 amide bonds. The van der Waals surface area contributed by atoms with Crippen LogP contribution in [0.2, 0.25) is 5.02 Å². The Balaban J connectivity index is 1.07. The quantitative estimate of drug-likeness (QED) is 0.0969. The van der Waals surface area contributed by atoms with Crippen molar-refractivity contribution in [2.24, 2.45) is 7.05 Å². The lowest BCUT2D eigenvalue weighted by atomic mass is 9.93. The van der Waals surface area contributed by atoms with Crippen LogP contribution in [0, 0.1) is 25.2 Å². The predicted molar refractivity (Wildman–Crippen MR) is 223 cm³/mol. The molecular weight excluding hydrogens is 736 g/mol. The van der Waals surface area contributed by atoms with Gasteiger partial charge in [-0.3, -0.25) is 14.6 Å². The normalized spacial score (nSPS) is 14.3. The molecule has 1 N–H and O–H groups in total. The number of aliphatic hydroxyl groups is 1. The van der Waals surface area contributed by atoms with Gasteiger partial charge in [-0.1, -0.05) is 60.1 Å². The van der Waals surface area contributed by atoms with E-state index >= 15 is 0 Å². The van der Waals surface area contributed by atoms with Gasteiger partial charge in [0, 0.05) is 74.7 Å². The van der Waals surface area contributed by atoms with E-state index in [-0.39, 0.29) is 12.7 Å². The number of aliphatic hydroxyl groups excluding tert-OH is 1. The SMILES string of the molecule is Cc1c(COc2cc(OCc3cncc(C#N)c3)c(CN(C)Cc3nn(C)c4ccccc34)cc2Cl)cccc1-c1cccc(OCCCN2CCC(O)C2)c1C. The molecule has 10 nitrogen and oxygen atoms in total. The first-order valence-electron chi connectivity index (χ1n) is 19.4. The van der Waals surface area contributed by atoms with Crippen molar-refractivity contribution in [2.45, 2.75) is 59.1 Å². The number of para-hydroxylation sites is 1. The molecule has 1 aliphatic rings. The summed E-state index contributed by atoms with van der Waals surface area (Å²) in [4.78, 5) is 8.68. The Bertz CT molecular complexity index is 2390. The minimum atomic E-state index is -0.204. The molecule has 0 spiro atoms. The lowest BCUT2D eigenvalue weighted by molar-refractivity contribution is 0.173. The molecule has 6 aromatic rings. The van der Waals surface area contributed by atoms with E-state index in [9.17, 15) is 10.4 Å². The molecule has 1 atom stereocenters. The Kier molecular flexibility index (Phi) is 12.7. The van der Waals surface area contributed by atoms with Crippen molar-refractivity contribution in [3.05, 3.63) is 135 Å². The summed E-state index contributed by atoms with van der Waals surface area (Å²) in [6, 6.07) is 28.4. The van der Waals surface area contributed by atoms with E-state index in [1.54, 1.807) is 12.3 Å². The third-order valence-corrected chi connectivity index (χ3v) is 11.0. The lowest BCUT2D eigenvalue weighted by Crippen LogP contribution is -2.24. The number of aromatic nitrogens is 3. The zero-order chi connectivity index (χ0) is 39.9. The van der Waals surface area contributed by atoms with Crippen molar-refractivity contribution in [1.29, 1.82) is 5.26 Å². The number of hydrogen-bond donors (Lipinski definition) is 1. The second-order valence-corrected chi connectivity index (χ2v) is 15.3. The van der Waals surface area contributed by atoms with E-state index in [1.165, 1.54) is 6.20 Å². The van der Waals surface area contributed by atoms with Crippen LogP contribution >= 0.6 is 11.6 Å². The molecule has 1 unspecified atom stereocenters. The van der Waals surface area contributed by atoms with E-state index in [0.717, 1.165) is 93.8 Å². The summed E-state index contributed by atoms with van der Waals surface area (Å²) in [6.07, 6.45) is 4.79. The van der Waals surface area contributed by atoms with Gasteiger partial charge in [0.05, 0.1) is 34.5 Å². The third kappa shape index (κ3) is 9.58. The van der Waals surface area contributed by atoms with E-state index in [2.05, 4.69) is 71.1 Å². The second-order valence-electron chi connectivity index (χ2n) is 14.9. The number of hydrogen-bond acceptors (Lipinski definition) is 9. The molecule has 0 radical (unpaired) electrons. The molecule has 4 aromatic carbocycles. The van der Waals surface area contributed by atoms with Crippen molar-refractivity contribution in [1.82, 2.24) is 24.6 Å². The number of nitriles is 1. The van der Waals surface area contributed by atoms with E-state index in [4.69, 9.17) is 30.9 Å². The molecular formula is C46H49ClN6O4. The van der Waals surface area contributed by atoms with Crippen LogP contribution < -0.4 is 14.2 Å². The van der Waals surface area contributed by atoms with Crippen LogP contribution in [0.15, 0.2) is 91.3 Å². The van der Waals surface area contributed by atoms with Gasteiger partial charge >= 0.3 is 0 Å². The van der Waals surface area contributed by atoms with Crippen LogP contribution in [0.25, 0.3) is 22.0 Å². The van der Waals surface area contributed by atoms with Gasteiger partial charge in [-0.25, -0.2) is 0 Å². The van der Waals surface area contributed by atoms with Crippen LogP contribution in [0.4, 0.5) is 0 Å². The number of benzene rings is 4. The number of ether oxygens (including phenoxy) is 3. The molecule has 0 bridgehead atoms. The van der Waals surface area contributed by atoms with Gasteiger partial charge in [0.2, 0.25) is 0 Å². The highest BCUT2D eigenvalue weighted by Gasteiger charge is 2.20. The van der Waals surface area contributed by atoms with Gasteiger partial charge in [-0.05, 0) is 85.8 Å². The first kappa shape index (κ1) is 39.8. The average molecular weight is 785 g/mol. The zero-order valence-electron chi connectivity index (χ0n) is 33.0. The highest BCUT2D eigenvalue weighted by Crippen LogP contribution is 2.37. The van der Waals surface area contributed by atoms with Crippen molar-refractivity contribution >= 4 is 22.5 Å². The van der Waals surface area contributed by atoms with E-state index in [1.807, 2.05) is 55.2 Å². The molecule has 0 aliphatic carbocycles. The lowest BCUT2D eigenvalue weighted by Gasteiger charge is -2.21. The summed E-state index contributed by atoms with van der Waals surface area (Å²) in [7, 11) is 4.01. The van der Waals surface area contributed by atoms with Crippen molar-refractivity contribution < 1.29 is 19.3 Å². The van der Waals surface area contributed by atoms with Gasteiger partial charge in [-0.15, -0.1) is 0 Å². The largest absolute Gasteiger partial charge is 0.493 e. The van der Waals surface area contributed by atoms with E-state index in [0.29, 0.717) is 48.4 Å². The zero-order valence-corrected chi connectivity index (χ0v) is 33.8. The molecule has 2 aromatic heterocycles. The summed E-state index contributed by atoms with van der Waals surface area (Å²) in [5.41, 5.74) is 9.70. The van der Waals surface area contributed by atoms with Gasteiger partial charge < -0.3 is 24.2 Å². The Hall–Kier alpha value is -5.44. The Morgan fingerprint density at radius 2 is 1.67 bits per heavy atom. The number of fused-ring (bicyclic) bond motifs is 1. The molecule has 1 saturated heterocycles. The first-order chi connectivity index (χ1) is 27.7. The fraction of sp³-hybridized carbons (Fsp3) is 0.326. The third-order valence-electron chi connectivity index (χ3n) is 10.7. The van der Waals surface area contributed by atoms with Crippen LogP contribution in [0.3, 0.4) is 0 Å². The molecule has 294 valence electrons. The second kappa shape index (κ2) is 18.2. The first-order valence-corrected chi connectivity index (χ1v) is 19.8. The number of pyridine rings is 1. The molecule has 11 heteroatoms. The van der Waals surface area contributed by atoms with Crippen molar-refractivity contribution in [3.8, 4) is 34.4 Å². The van der Waals surface area contributed by atoms with E-state index < -0.39 is 0 Å². The average Bonchev–Trinajstić information content (AvgIpc) is 3.77. The summed E-state index contributed by atoms with van der Waals surface area (Å²) in [6.45, 7) is 9.16. The number of nitrogens with zero attached hydrogens (tertiary/aromatic N) is 6. The maximum Gasteiger partial charge on any atom is 0.142 e. The predicted octanol–water partition coefficient (Wildman–Crippen LogP) is 8.40. The number of β-amino-alcohol motifs (C(OH)–C–C–N with tert-alkyl or cyclic N) is 1. The molecule has 7 rings (SSSR count). The summed E-state index contributed by atoms with van der Waals surface area (Å²) < 4.78 is 21.1. The highest BCUT2D eigenvalue weighted by molar-refractivity contribution is 6.32. The summed E-state index contributed by atoms with van der Waals surface area (Å²) in [5.74, 6) is 2.02. The number of halogens is 1. The fourth-order valence-corrected chi connectivity index (χ4v) is 7.82. The van der Waals surface area contributed by atoms with Crippen LogP contribution in [0.1, 0.15) is 51.9 Å². The highest BCUT2D eigenvalue weighted by atomic mass is 35.5. The summed E-state index contributed by atoms with van der Waals surface area (Å²) >= 11 is 6.96. The Labute approximate surface area is 339 Å². The molecule has 1 fully saturated rings. The van der Waals surface area contributed by atoms with Gasteiger partial charge in [-0.2, -0.15) is 10.4 Å². The van der Waals surface area contributed by atoms with Crippen molar-refractivity contribution in [2.75, 3.05) is 33.3 Å². The number of likely N-dealkylation sites (tertiary alicyclic amines) is 1. The maximum absolute atomic E-state index is 9.83. The number of aryl methyl sites for hydroxylation is 1. The fourth-order valence-electron chi connectivity index (χ4n) is 7.58. The molecule has 3 heterocycles. The van der Waals surface area contributed by atoms with Crippen LogP contribution in [-0.2, 0) is 33.4 Å². The van der Waals surface area contributed by atoms with Gasteiger partial charge in [0.15, 0.2) is 0 Å². The molecule has 0 saturated carbocycles. The van der Waals surface area contributed by atoms with Crippen LogP contribution in [0.5, 0.6) is 17.2 Å². The minimum Gasteiger partial charge on any atom is -0.493 e. The minimum absolute atomic E-state index is 0.204. The molecule has 57 heavy (non-hydrogen) atoms. The van der Waals surface area contributed by atoms with Gasteiger partial charge in [0.25, 0.3) is 0 Å². The topological polar surface area (TPSA) is 109 Å². The maximum atomic E-state index is 9.83. The monoisotopic (exact) mass is 784 g/mol. The van der Waals surface area contributed by atoms with Gasteiger partial charge in [0.1, 0.15) is 36.5 Å².